The number of rotatable bonds is 8. The number of benzene rings is 2. The summed E-state index contributed by atoms with van der Waals surface area (Å²) in [6, 6.07) is 13.9. The van der Waals surface area contributed by atoms with Crippen LogP contribution in [0.15, 0.2) is 59.5 Å². The second-order valence-corrected chi connectivity index (χ2v) is 7.95. The number of para-hydroxylation sites is 1. The summed E-state index contributed by atoms with van der Waals surface area (Å²) in [5.74, 6) is -2.23. The number of esters is 2. The molecule has 0 N–H and O–H groups in total. The minimum Gasteiger partial charge on any atom is -0.465 e. The van der Waals surface area contributed by atoms with Crippen molar-refractivity contribution in [3.8, 4) is 0 Å². The molecule has 0 aliphatic carbocycles. The highest BCUT2D eigenvalue weighted by atomic mass is 32.2. The van der Waals surface area contributed by atoms with Gasteiger partial charge >= 0.3 is 11.9 Å². The van der Waals surface area contributed by atoms with E-state index in [-0.39, 0.29) is 23.6 Å². The summed E-state index contributed by atoms with van der Waals surface area (Å²) in [5.41, 5.74) is 0.262. The van der Waals surface area contributed by atoms with Gasteiger partial charge in [-0.05, 0) is 31.2 Å². The van der Waals surface area contributed by atoms with Crippen LogP contribution < -0.4 is 4.90 Å². The van der Waals surface area contributed by atoms with Crippen LogP contribution in [-0.2, 0) is 28.9 Å². The lowest BCUT2D eigenvalue weighted by Gasteiger charge is -2.21. The first-order valence-corrected chi connectivity index (χ1v) is 10.6. The summed E-state index contributed by atoms with van der Waals surface area (Å²) >= 11 is 0. The average Bonchev–Trinajstić information content (AvgIpc) is 2.70. The van der Waals surface area contributed by atoms with E-state index in [1.165, 1.54) is 24.3 Å². The number of ether oxygens (including phenoxy) is 2. The highest BCUT2D eigenvalue weighted by Gasteiger charge is 2.23. The maximum atomic E-state index is 12.6. The van der Waals surface area contributed by atoms with Crippen molar-refractivity contribution in [3.05, 3.63) is 60.2 Å². The quantitative estimate of drug-likeness (QED) is 0.601. The van der Waals surface area contributed by atoms with Crippen LogP contribution in [0.5, 0.6) is 0 Å². The lowest BCUT2D eigenvalue weighted by Crippen LogP contribution is -2.39. The Morgan fingerprint density at radius 1 is 0.931 bits per heavy atom. The van der Waals surface area contributed by atoms with E-state index in [2.05, 4.69) is 0 Å². The predicted molar refractivity (Wildman–Crippen MR) is 105 cm³/mol. The van der Waals surface area contributed by atoms with Gasteiger partial charge < -0.3 is 9.47 Å². The van der Waals surface area contributed by atoms with Gasteiger partial charge in [-0.2, -0.15) is 0 Å². The molecule has 0 radical (unpaired) electrons. The van der Waals surface area contributed by atoms with Crippen molar-refractivity contribution in [2.45, 2.75) is 11.8 Å². The number of hydrogen-bond acceptors (Lipinski definition) is 7. The third-order valence-corrected chi connectivity index (χ3v) is 4.95. The van der Waals surface area contributed by atoms with E-state index in [1.807, 2.05) is 0 Å². The van der Waals surface area contributed by atoms with Gasteiger partial charge in [0.25, 0.3) is 5.91 Å². The molecule has 9 heteroatoms. The van der Waals surface area contributed by atoms with E-state index in [0.29, 0.717) is 5.69 Å². The number of hydrogen-bond donors (Lipinski definition) is 0. The Bertz CT molecular complexity index is 987. The molecular weight excluding hydrogens is 398 g/mol. The molecule has 8 nitrogen and oxygen atoms in total. The van der Waals surface area contributed by atoms with Crippen molar-refractivity contribution >= 4 is 33.4 Å². The molecule has 0 fully saturated rings. The zero-order valence-corrected chi connectivity index (χ0v) is 16.8. The molecule has 0 heterocycles. The van der Waals surface area contributed by atoms with Gasteiger partial charge in [0.1, 0.15) is 6.54 Å². The zero-order chi connectivity index (χ0) is 21.4. The summed E-state index contributed by atoms with van der Waals surface area (Å²) in [5, 5.41) is 0. The second kappa shape index (κ2) is 9.83. The first-order chi connectivity index (χ1) is 13.7. The summed E-state index contributed by atoms with van der Waals surface area (Å²) in [6.07, 6.45) is 0.973. The Labute approximate surface area is 169 Å². The molecule has 1 amide bonds. The van der Waals surface area contributed by atoms with Crippen molar-refractivity contribution in [1.82, 2.24) is 0 Å². The Morgan fingerprint density at radius 2 is 1.55 bits per heavy atom. The van der Waals surface area contributed by atoms with Crippen molar-refractivity contribution in [2.24, 2.45) is 0 Å². The van der Waals surface area contributed by atoms with Crippen LogP contribution in [-0.4, -0.2) is 52.3 Å². The van der Waals surface area contributed by atoms with Crippen LogP contribution in [0.4, 0.5) is 5.69 Å². The third-order valence-electron chi connectivity index (χ3n) is 3.79. The predicted octanol–water partition coefficient (Wildman–Crippen LogP) is 1.84. The minimum absolute atomic E-state index is 0.160. The smallest absolute Gasteiger partial charge is 0.339 e. The number of sulfone groups is 1. The zero-order valence-electron chi connectivity index (χ0n) is 16.0. The van der Waals surface area contributed by atoms with E-state index in [4.69, 9.17) is 9.47 Å². The Kier molecular flexibility index (Phi) is 7.49. The van der Waals surface area contributed by atoms with Crippen molar-refractivity contribution < 1.29 is 32.3 Å². The topological polar surface area (TPSA) is 107 Å². The van der Waals surface area contributed by atoms with Crippen LogP contribution in [0, 0.1) is 0 Å². The van der Waals surface area contributed by atoms with Crippen LogP contribution in [0.3, 0.4) is 0 Å². The van der Waals surface area contributed by atoms with E-state index in [0.717, 1.165) is 11.2 Å². The number of carbonyl (C=O) groups excluding carboxylic acids is 3. The molecule has 29 heavy (non-hydrogen) atoms. The Balaban J connectivity index is 2.16. The number of anilines is 1. The van der Waals surface area contributed by atoms with Crippen LogP contribution in [0.25, 0.3) is 0 Å². The fourth-order valence-electron chi connectivity index (χ4n) is 2.51. The van der Waals surface area contributed by atoms with Crippen LogP contribution in [0.1, 0.15) is 17.3 Å². The van der Waals surface area contributed by atoms with E-state index < -0.39 is 34.3 Å². The maximum absolute atomic E-state index is 12.6. The summed E-state index contributed by atoms with van der Waals surface area (Å²) in [4.78, 5) is 37.8. The van der Waals surface area contributed by atoms with E-state index in [9.17, 15) is 22.8 Å². The monoisotopic (exact) mass is 419 g/mol. The van der Waals surface area contributed by atoms with Crippen molar-refractivity contribution in [2.75, 3.05) is 30.9 Å². The fraction of sp³-hybridized carbons (Fsp3) is 0.250. The molecule has 0 aliphatic rings. The fourth-order valence-corrected chi connectivity index (χ4v) is 3.39. The normalized spacial score (nSPS) is 10.8. The molecule has 0 saturated heterocycles. The summed E-state index contributed by atoms with van der Waals surface area (Å²) in [6.45, 7) is 0.778. The third kappa shape index (κ3) is 6.15. The van der Waals surface area contributed by atoms with Crippen molar-refractivity contribution in [3.63, 3.8) is 0 Å². The van der Waals surface area contributed by atoms with E-state index in [1.54, 1.807) is 37.3 Å². The SMILES string of the molecule is CCOC(=O)CN(C(=O)COC(=O)c1ccccc1S(C)(=O)=O)c1ccccc1. The molecule has 0 aromatic heterocycles. The highest BCUT2D eigenvalue weighted by molar-refractivity contribution is 7.90. The number of nitrogens with zero attached hydrogens (tertiary/aromatic N) is 1. The molecule has 2 aromatic carbocycles. The first kappa shape index (κ1) is 22.1. The van der Waals surface area contributed by atoms with Gasteiger partial charge in [-0.15, -0.1) is 0 Å². The molecule has 0 spiro atoms. The van der Waals surface area contributed by atoms with Gasteiger partial charge in [0, 0.05) is 11.9 Å². The Morgan fingerprint density at radius 3 is 2.17 bits per heavy atom. The molecule has 154 valence electrons. The molecule has 0 aliphatic heterocycles. The first-order valence-electron chi connectivity index (χ1n) is 8.71. The summed E-state index contributed by atoms with van der Waals surface area (Å²) < 4.78 is 33.6. The Hall–Kier alpha value is -3.20. The van der Waals surface area contributed by atoms with Crippen LogP contribution in [0.2, 0.25) is 0 Å². The number of carbonyl (C=O) groups is 3. The molecule has 2 rings (SSSR count). The highest BCUT2D eigenvalue weighted by Crippen LogP contribution is 2.17. The average molecular weight is 419 g/mol. The van der Waals surface area contributed by atoms with Gasteiger partial charge in [-0.1, -0.05) is 30.3 Å². The van der Waals surface area contributed by atoms with Gasteiger partial charge in [0.15, 0.2) is 16.4 Å². The molecule has 0 saturated carbocycles. The maximum Gasteiger partial charge on any atom is 0.339 e. The summed E-state index contributed by atoms with van der Waals surface area (Å²) in [7, 11) is -3.66. The van der Waals surface area contributed by atoms with E-state index >= 15 is 0 Å². The standard InChI is InChI=1S/C20H21NO7S/c1-3-27-19(23)13-21(15-9-5-4-6-10-15)18(22)14-28-20(24)16-11-7-8-12-17(16)29(2,25)26/h4-12H,3,13-14H2,1-2H3. The molecule has 0 bridgehead atoms. The van der Waals surface area contributed by atoms with Crippen LogP contribution >= 0.6 is 0 Å². The molecule has 2 aromatic rings. The molecule has 0 unspecified atom stereocenters. The molecular formula is C20H21NO7S. The van der Waals surface area contributed by atoms with Gasteiger partial charge in [0.05, 0.1) is 17.1 Å². The second-order valence-electron chi connectivity index (χ2n) is 5.96. The lowest BCUT2D eigenvalue weighted by molar-refractivity contribution is -0.142. The lowest BCUT2D eigenvalue weighted by atomic mass is 10.2. The van der Waals surface area contributed by atoms with Gasteiger partial charge in [-0.3, -0.25) is 14.5 Å². The molecule has 0 atom stereocenters. The van der Waals surface area contributed by atoms with Gasteiger partial charge in [0.2, 0.25) is 0 Å². The minimum atomic E-state index is -3.66. The largest absolute Gasteiger partial charge is 0.465 e. The number of amides is 1. The van der Waals surface area contributed by atoms with Gasteiger partial charge in [-0.25, -0.2) is 13.2 Å². The van der Waals surface area contributed by atoms with Crippen molar-refractivity contribution in [1.29, 1.82) is 0 Å².